The Bertz CT molecular complexity index is 412. The fraction of sp³-hybridized carbons (Fsp3) is 0.273. The number of aromatic nitrogens is 2. The minimum absolute atomic E-state index is 0.841. The molecule has 0 amide bonds. The van der Waals surface area contributed by atoms with E-state index in [4.69, 9.17) is 0 Å². The van der Waals surface area contributed by atoms with Gasteiger partial charge in [0.25, 0.3) is 0 Å². The highest BCUT2D eigenvalue weighted by Crippen LogP contribution is 2.14. The number of rotatable bonds is 4. The SMILES string of the molecule is CCc1ccccc1CNc1cnns1. The molecular weight excluding hydrogens is 206 g/mol. The average Bonchev–Trinajstić information content (AvgIpc) is 2.79. The Morgan fingerprint density at radius 2 is 2.07 bits per heavy atom. The van der Waals surface area contributed by atoms with Crippen LogP contribution in [-0.2, 0) is 13.0 Å². The van der Waals surface area contributed by atoms with E-state index in [-0.39, 0.29) is 0 Å². The van der Waals surface area contributed by atoms with E-state index < -0.39 is 0 Å². The first-order valence-electron chi connectivity index (χ1n) is 4.98. The molecule has 15 heavy (non-hydrogen) atoms. The van der Waals surface area contributed by atoms with E-state index in [9.17, 15) is 0 Å². The number of hydrogen-bond acceptors (Lipinski definition) is 4. The summed E-state index contributed by atoms with van der Waals surface area (Å²) < 4.78 is 3.81. The van der Waals surface area contributed by atoms with Gasteiger partial charge in [-0.05, 0) is 17.5 Å². The molecular formula is C11H13N3S. The van der Waals surface area contributed by atoms with Crippen molar-refractivity contribution in [1.82, 2.24) is 9.59 Å². The largest absolute Gasteiger partial charge is 0.370 e. The first-order chi connectivity index (χ1) is 7.40. The molecule has 78 valence electrons. The summed E-state index contributed by atoms with van der Waals surface area (Å²) in [5.74, 6) is 0. The van der Waals surface area contributed by atoms with E-state index in [0.717, 1.165) is 18.0 Å². The van der Waals surface area contributed by atoms with Crippen LogP contribution in [0.5, 0.6) is 0 Å². The molecule has 0 bridgehead atoms. The Morgan fingerprint density at radius 1 is 1.27 bits per heavy atom. The Balaban J connectivity index is 2.04. The number of hydrogen-bond donors (Lipinski definition) is 1. The Labute approximate surface area is 93.3 Å². The van der Waals surface area contributed by atoms with Crippen LogP contribution in [0.2, 0.25) is 0 Å². The lowest BCUT2D eigenvalue weighted by molar-refractivity contribution is 1.05. The van der Waals surface area contributed by atoms with Crippen molar-refractivity contribution < 1.29 is 0 Å². The molecule has 4 heteroatoms. The third-order valence-electron chi connectivity index (χ3n) is 2.31. The predicted octanol–water partition coefficient (Wildman–Crippen LogP) is 2.71. The topological polar surface area (TPSA) is 37.8 Å². The number of nitrogens with one attached hydrogen (secondary N) is 1. The maximum atomic E-state index is 3.81. The van der Waals surface area contributed by atoms with Gasteiger partial charge in [0.1, 0.15) is 5.00 Å². The Morgan fingerprint density at radius 3 is 2.73 bits per heavy atom. The summed E-state index contributed by atoms with van der Waals surface area (Å²) in [5, 5.41) is 8.11. The van der Waals surface area contributed by atoms with Crippen LogP contribution in [0.1, 0.15) is 18.1 Å². The minimum atomic E-state index is 0.841. The van der Waals surface area contributed by atoms with Gasteiger partial charge in [0.2, 0.25) is 0 Å². The van der Waals surface area contributed by atoms with Crippen molar-refractivity contribution in [3.63, 3.8) is 0 Å². The molecule has 1 aromatic heterocycles. The monoisotopic (exact) mass is 219 g/mol. The molecule has 0 aliphatic heterocycles. The van der Waals surface area contributed by atoms with Gasteiger partial charge in [0.15, 0.2) is 0 Å². The summed E-state index contributed by atoms with van der Waals surface area (Å²) >= 11 is 1.38. The molecule has 2 rings (SSSR count). The van der Waals surface area contributed by atoms with E-state index in [1.807, 2.05) is 0 Å². The smallest absolute Gasteiger partial charge is 0.130 e. The summed E-state index contributed by atoms with van der Waals surface area (Å²) in [6.45, 7) is 3.01. The van der Waals surface area contributed by atoms with Crippen LogP contribution >= 0.6 is 11.5 Å². The predicted molar refractivity (Wildman–Crippen MR) is 63.1 cm³/mol. The molecule has 0 fully saturated rings. The van der Waals surface area contributed by atoms with Crippen molar-refractivity contribution in [2.75, 3.05) is 5.32 Å². The zero-order valence-corrected chi connectivity index (χ0v) is 9.42. The van der Waals surface area contributed by atoms with Gasteiger partial charge in [-0.25, -0.2) is 0 Å². The zero-order chi connectivity index (χ0) is 10.5. The molecule has 0 aliphatic rings. The van der Waals surface area contributed by atoms with Gasteiger partial charge >= 0.3 is 0 Å². The van der Waals surface area contributed by atoms with Crippen LogP contribution in [0.3, 0.4) is 0 Å². The van der Waals surface area contributed by atoms with Crippen molar-refractivity contribution in [3.05, 3.63) is 41.6 Å². The molecule has 0 radical (unpaired) electrons. The molecule has 0 saturated heterocycles. The fourth-order valence-corrected chi connectivity index (χ4v) is 1.92. The highest BCUT2D eigenvalue weighted by Gasteiger charge is 2.00. The van der Waals surface area contributed by atoms with Crippen molar-refractivity contribution in [1.29, 1.82) is 0 Å². The third-order valence-corrected chi connectivity index (χ3v) is 2.94. The zero-order valence-electron chi connectivity index (χ0n) is 8.60. The first kappa shape index (κ1) is 10.1. The lowest BCUT2D eigenvalue weighted by Crippen LogP contribution is -2.00. The Kier molecular flexibility index (Phi) is 3.29. The summed E-state index contributed by atoms with van der Waals surface area (Å²) in [6.07, 6.45) is 2.82. The second-order valence-electron chi connectivity index (χ2n) is 3.26. The fourth-order valence-electron chi connectivity index (χ4n) is 1.50. The van der Waals surface area contributed by atoms with Gasteiger partial charge in [0, 0.05) is 18.1 Å². The van der Waals surface area contributed by atoms with E-state index in [2.05, 4.69) is 46.1 Å². The van der Waals surface area contributed by atoms with Crippen LogP contribution in [0.25, 0.3) is 0 Å². The summed E-state index contributed by atoms with van der Waals surface area (Å²) in [7, 11) is 0. The molecule has 0 saturated carbocycles. The third kappa shape index (κ3) is 2.53. The normalized spacial score (nSPS) is 10.2. The molecule has 3 nitrogen and oxygen atoms in total. The lowest BCUT2D eigenvalue weighted by Gasteiger charge is -2.07. The molecule has 0 aliphatic carbocycles. The number of nitrogens with zero attached hydrogens (tertiary/aromatic N) is 2. The van der Waals surface area contributed by atoms with Gasteiger partial charge in [-0.2, -0.15) is 0 Å². The van der Waals surface area contributed by atoms with E-state index >= 15 is 0 Å². The van der Waals surface area contributed by atoms with Crippen molar-refractivity contribution in [2.24, 2.45) is 0 Å². The van der Waals surface area contributed by atoms with Gasteiger partial charge < -0.3 is 5.32 Å². The van der Waals surface area contributed by atoms with E-state index in [1.165, 1.54) is 22.7 Å². The van der Waals surface area contributed by atoms with Gasteiger partial charge in [-0.15, -0.1) is 5.10 Å². The van der Waals surface area contributed by atoms with Crippen molar-refractivity contribution >= 4 is 16.5 Å². The van der Waals surface area contributed by atoms with Crippen LogP contribution in [0, 0.1) is 0 Å². The quantitative estimate of drug-likeness (QED) is 0.859. The van der Waals surface area contributed by atoms with E-state index in [1.54, 1.807) is 6.20 Å². The summed E-state index contributed by atoms with van der Waals surface area (Å²) in [6, 6.07) is 8.47. The average molecular weight is 219 g/mol. The highest BCUT2D eigenvalue weighted by molar-refractivity contribution is 7.09. The van der Waals surface area contributed by atoms with Gasteiger partial charge in [0.05, 0.1) is 6.20 Å². The summed E-state index contributed by atoms with van der Waals surface area (Å²) in [5.41, 5.74) is 2.73. The highest BCUT2D eigenvalue weighted by atomic mass is 32.1. The van der Waals surface area contributed by atoms with Crippen molar-refractivity contribution in [3.8, 4) is 0 Å². The number of benzene rings is 1. The standard InChI is InChI=1S/C11H13N3S/c1-2-9-5-3-4-6-10(9)7-12-11-8-13-14-15-11/h3-6,8,12H,2,7H2,1H3. The van der Waals surface area contributed by atoms with Crippen LogP contribution < -0.4 is 5.32 Å². The number of aryl methyl sites for hydroxylation is 1. The molecule has 1 heterocycles. The van der Waals surface area contributed by atoms with Gasteiger partial charge in [-0.1, -0.05) is 35.7 Å². The second kappa shape index (κ2) is 4.89. The first-order valence-corrected chi connectivity index (χ1v) is 5.75. The number of anilines is 1. The van der Waals surface area contributed by atoms with Crippen LogP contribution in [-0.4, -0.2) is 9.59 Å². The molecule has 0 unspecified atom stereocenters. The van der Waals surface area contributed by atoms with Crippen LogP contribution in [0.4, 0.5) is 5.00 Å². The van der Waals surface area contributed by atoms with Crippen LogP contribution in [0.15, 0.2) is 30.5 Å². The maximum absolute atomic E-state index is 3.81. The van der Waals surface area contributed by atoms with E-state index in [0.29, 0.717) is 0 Å². The molecule has 1 N–H and O–H groups in total. The molecule has 2 aromatic rings. The summed E-state index contributed by atoms with van der Waals surface area (Å²) in [4.78, 5) is 0. The molecule has 0 atom stereocenters. The lowest BCUT2D eigenvalue weighted by atomic mass is 10.1. The van der Waals surface area contributed by atoms with Gasteiger partial charge in [-0.3, -0.25) is 0 Å². The molecule has 1 aromatic carbocycles. The van der Waals surface area contributed by atoms with Crippen molar-refractivity contribution in [2.45, 2.75) is 19.9 Å². The minimum Gasteiger partial charge on any atom is -0.370 e. The molecule has 0 spiro atoms. The second-order valence-corrected chi connectivity index (χ2v) is 4.04. The Hall–Kier alpha value is -1.42. The maximum Gasteiger partial charge on any atom is 0.130 e.